The van der Waals surface area contributed by atoms with E-state index in [1.165, 1.54) is 16.9 Å². The van der Waals surface area contributed by atoms with Crippen molar-refractivity contribution in [3.05, 3.63) is 98.8 Å². The number of aryl methyl sites for hydroxylation is 2. The average Bonchev–Trinajstić information content (AvgIpc) is 3.23. The van der Waals surface area contributed by atoms with Crippen LogP contribution in [0.5, 0.6) is 0 Å². The highest BCUT2D eigenvalue weighted by atomic mass is 79.9. The summed E-state index contributed by atoms with van der Waals surface area (Å²) in [7, 11) is 0. The highest BCUT2D eigenvalue weighted by Gasteiger charge is 2.18. The van der Waals surface area contributed by atoms with Gasteiger partial charge in [0.1, 0.15) is 0 Å². The number of benzene rings is 3. The molecule has 5 rings (SSSR count). The van der Waals surface area contributed by atoms with Gasteiger partial charge in [-0.2, -0.15) is 0 Å². The maximum absolute atomic E-state index is 13.6. The van der Waals surface area contributed by atoms with E-state index >= 15 is 0 Å². The van der Waals surface area contributed by atoms with Crippen LogP contribution in [0.3, 0.4) is 0 Å². The van der Waals surface area contributed by atoms with Crippen molar-refractivity contribution >= 4 is 49.2 Å². The molecular formula is C30H26BrN3OS. The van der Waals surface area contributed by atoms with E-state index in [0.29, 0.717) is 16.6 Å². The molecule has 2 aromatic heterocycles. The number of amides is 1. The van der Waals surface area contributed by atoms with E-state index in [9.17, 15) is 4.79 Å². The lowest BCUT2D eigenvalue weighted by Crippen LogP contribution is -2.13. The first kappa shape index (κ1) is 24.3. The van der Waals surface area contributed by atoms with Gasteiger partial charge in [-0.05, 0) is 55.7 Å². The lowest BCUT2D eigenvalue weighted by atomic mass is 10.0. The fraction of sp³-hybridized carbons (Fsp3) is 0.167. The monoisotopic (exact) mass is 555 g/mol. The van der Waals surface area contributed by atoms with Gasteiger partial charge in [-0.3, -0.25) is 10.1 Å². The van der Waals surface area contributed by atoms with Gasteiger partial charge in [0.15, 0.2) is 5.13 Å². The Balaban J connectivity index is 1.51. The van der Waals surface area contributed by atoms with Gasteiger partial charge >= 0.3 is 0 Å². The number of thiazole rings is 1. The van der Waals surface area contributed by atoms with Gasteiger partial charge < -0.3 is 0 Å². The number of halogens is 1. The van der Waals surface area contributed by atoms with Crippen molar-refractivity contribution in [1.82, 2.24) is 9.97 Å². The number of pyridine rings is 1. The van der Waals surface area contributed by atoms with Crippen molar-refractivity contribution < 1.29 is 4.79 Å². The maximum atomic E-state index is 13.6. The Morgan fingerprint density at radius 1 is 0.917 bits per heavy atom. The zero-order chi connectivity index (χ0) is 25.4. The first-order valence-electron chi connectivity index (χ1n) is 11.8. The molecule has 0 aliphatic heterocycles. The third-order valence-electron chi connectivity index (χ3n) is 6.20. The number of nitrogens with zero attached hydrogens (tertiary/aromatic N) is 2. The molecule has 3 aromatic carbocycles. The molecule has 0 spiro atoms. The van der Waals surface area contributed by atoms with Gasteiger partial charge in [-0.1, -0.05) is 77.8 Å². The van der Waals surface area contributed by atoms with Gasteiger partial charge in [0.2, 0.25) is 0 Å². The number of carbonyl (C=O) groups excluding carboxylic acids is 1. The van der Waals surface area contributed by atoms with Crippen molar-refractivity contribution in [3.63, 3.8) is 0 Å². The van der Waals surface area contributed by atoms with Gasteiger partial charge in [0.05, 0.1) is 22.5 Å². The summed E-state index contributed by atoms with van der Waals surface area (Å²) in [5, 5.41) is 4.41. The summed E-state index contributed by atoms with van der Waals surface area (Å²) in [5.41, 5.74) is 7.45. The summed E-state index contributed by atoms with van der Waals surface area (Å²) < 4.78 is 0.895. The van der Waals surface area contributed by atoms with Crippen LogP contribution in [0.15, 0.2) is 77.3 Å². The summed E-state index contributed by atoms with van der Waals surface area (Å²) in [6.07, 6.45) is 0. The number of aromatic nitrogens is 2. The number of hydrogen-bond donors (Lipinski definition) is 1. The fourth-order valence-corrected chi connectivity index (χ4v) is 5.44. The molecule has 4 nitrogen and oxygen atoms in total. The van der Waals surface area contributed by atoms with Crippen LogP contribution in [0.25, 0.3) is 33.4 Å². The number of fused-ring (bicyclic) bond motifs is 1. The zero-order valence-corrected chi connectivity index (χ0v) is 23.0. The molecule has 0 saturated carbocycles. The number of hydrogen-bond acceptors (Lipinski definition) is 4. The van der Waals surface area contributed by atoms with Crippen LogP contribution < -0.4 is 5.32 Å². The predicted octanol–water partition coefficient (Wildman–Crippen LogP) is 8.78. The molecule has 6 heteroatoms. The Morgan fingerprint density at radius 3 is 2.42 bits per heavy atom. The fourth-order valence-electron chi connectivity index (χ4n) is 4.25. The van der Waals surface area contributed by atoms with Gasteiger partial charge in [0.25, 0.3) is 5.91 Å². The molecule has 0 bridgehead atoms. The predicted molar refractivity (Wildman–Crippen MR) is 154 cm³/mol. The lowest BCUT2D eigenvalue weighted by Gasteiger charge is -2.10. The lowest BCUT2D eigenvalue weighted by molar-refractivity contribution is 0.102. The molecule has 0 atom stereocenters. The Bertz CT molecular complexity index is 1590. The molecule has 5 aromatic rings. The van der Waals surface area contributed by atoms with E-state index in [1.54, 1.807) is 0 Å². The van der Waals surface area contributed by atoms with E-state index < -0.39 is 0 Å². The topological polar surface area (TPSA) is 54.9 Å². The third-order valence-corrected chi connectivity index (χ3v) is 7.58. The largest absolute Gasteiger partial charge is 0.298 e. The number of anilines is 1. The minimum absolute atomic E-state index is 0.204. The highest BCUT2D eigenvalue weighted by molar-refractivity contribution is 9.10. The summed E-state index contributed by atoms with van der Waals surface area (Å²) in [6.45, 7) is 8.45. The molecule has 2 heterocycles. The Labute approximate surface area is 223 Å². The molecule has 0 unspecified atom stereocenters. The molecule has 1 amide bonds. The summed E-state index contributed by atoms with van der Waals surface area (Å²) in [5.74, 6) is 0.273. The molecule has 180 valence electrons. The second-order valence-corrected chi connectivity index (χ2v) is 11.4. The van der Waals surface area contributed by atoms with Crippen LogP contribution in [0, 0.1) is 13.8 Å². The molecule has 36 heavy (non-hydrogen) atoms. The second-order valence-electron chi connectivity index (χ2n) is 9.24. The van der Waals surface area contributed by atoms with Crippen molar-refractivity contribution in [3.8, 4) is 22.5 Å². The van der Waals surface area contributed by atoms with Crippen molar-refractivity contribution in [1.29, 1.82) is 0 Å². The minimum atomic E-state index is -0.204. The maximum Gasteiger partial charge on any atom is 0.258 e. The van der Waals surface area contributed by atoms with E-state index in [4.69, 9.17) is 9.97 Å². The Morgan fingerprint density at radius 2 is 1.69 bits per heavy atom. The van der Waals surface area contributed by atoms with Crippen LogP contribution >= 0.6 is 27.3 Å². The molecule has 0 radical (unpaired) electrons. The summed E-state index contributed by atoms with van der Waals surface area (Å²) in [4.78, 5) is 24.3. The molecule has 1 N–H and O–H groups in total. The van der Waals surface area contributed by atoms with Crippen LogP contribution in [0.1, 0.15) is 46.1 Å². The van der Waals surface area contributed by atoms with Crippen molar-refractivity contribution in [2.45, 2.75) is 33.6 Å². The number of carbonyl (C=O) groups is 1. The third kappa shape index (κ3) is 4.97. The molecule has 0 aliphatic rings. The quantitative estimate of drug-likeness (QED) is 0.235. The first-order valence-corrected chi connectivity index (χ1v) is 13.5. The van der Waals surface area contributed by atoms with E-state index in [0.717, 1.165) is 48.3 Å². The van der Waals surface area contributed by atoms with Crippen molar-refractivity contribution in [2.75, 3.05) is 5.32 Å². The van der Waals surface area contributed by atoms with E-state index in [2.05, 4.69) is 65.4 Å². The molecule has 0 saturated heterocycles. The summed E-state index contributed by atoms with van der Waals surface area (Å²) in [6, 6.07) is 24.3. The van der Waals surface area contributed by atoms with Gasteiger partial charge in [-0.15, -0.1) is 11.3 Å². The highest BCUT2D eigenvalue weighted by Crippen LogP contribution is 2.33. The van der Waals surface area contributed by atoms with Crippen molar-refractivity contribution in [2.24, 2.45) is 0 Å². The van der Waals surface area contributed by atoms with Gasteiger partial charge in [-0.25, -0.2) is 9.97 Å². The van der Waals surface area contributed by atoms with Gasteiger partial charge in [0, 0.05) is 25.9 Å². The number of rotatable bonds is 5. The SMILES string of the molecule is Cc1cccc(-c2cc(C(=O)Nc3nc(-c4ccc(C(C)C)cc4)c(C)s3)c3cc(Br)ccc3n2)c1. The number of nitrogens with one attached hydrogen (secondary N) is 1. The first-order chi connectivity index (χ1) is 17.3. The smallest absolute Gasteiger partial charge is 0.258 e. The Hall–Kier alpha value is -3.35. The van der Waals surface area contributed by atoms with Crippen LogP contribution in [0.2, 0.25) is 0 Å². The normalized spacial score (nSPS) is 11.3. The zero-order valence-electron chi connectivity index (χ0n) is 20.6. The molecule has 0 fully saturated rings. The second kappa shape index (κ2) is 9.96. The van der Waals surface area contributed by atoms with E-state index in [1.807, 2.05) is 56.3 Å². The van der Waals surface area contributed by atoms with Crippen LogP contribution in [-0.2, 0) is 0 Å². The summed E-state index contributed by atoms with van der Waals surface area (Å²) >= 11 is 5.02. The van der Waals surface area contributed by atoms with Crippen LogP contribution in [-0.4, -0.2) is 15.9 Å². The van der Waals surface area contributed by atoms with Crippen LogP contribution in [0.4, 0.5) is 5.13 Å². The molecule has 0 aliphatic carbocycles. The Kier molecular flexibility index (Phi) is 6.73. The average molecular weight is 557 g/mol. The van der Waals surface area contributed by atoms with E-state index in [-0.39, 0.29) is 5.91 Å². The molecular weight excluding hydrogens is 530 g/mol. The standard InChI is InChI=1S/C30H26BrN3OS/c1-17(2)20-8-10-21(11-9-20)28-19(4)36-30(33-28)34-29(35)25-16-27(22-7-5-6-18(3)14-22)32-26-13-12-23(31)15-24(25)26/h5-17H,1-4H3,(H,33,34,35). The minimum Gasteiger partial charge on any atom is -0.298 e.